The van der Waals surface area contributed by atoms with Gasteiger partial charge in [-0.2, -0.15) is 0 Å². The van der Waals surface area contributed by atoms with Crippen LogP contribution < -0.4 is 14.2 Å². The van der Waals surface area contributed by atoms with Gasteiger partial charge in [0.1, 0.15) is 11.5 Å². The second-order valence-corrected chi connectivity index (χ2v) is 8.22. The van der Waals surface area contributed by atoms with Gasteiger partial charge in [-0.1, -0.05) is 48.5 Å². The number of amides is 1. The highest BCUT2D eigenvalue weighted by Gasteiger charge is 2.46. The number of likely N-dealkylation sites (tertiary alicyclic amines) is 1. The number of aliphatic hydroxyl groups is 1. The molecule has 1 fully saturated rings. The van der Waals surface area contributed by atoms with Crippen LogP contribution in [0.2, 0.25) is 0 Å². The zero-order valence-corrected chi connectivity index (χ0v) is 20.6. The maximum absolute atomic E-state index is 13.3. The van der Waals surface area contributed by atoms with E-state index in [-0.39, 0.29) is 17.9 Å². The largest absolute Gasteiger partial charge is 0.507 e. The molecule has 0 radical (unpaired) electrons. The van der Waals surface area contributed by atoms with Crippen LogP contribution in [-0.4, -0.2) is 42.0 Å². The van der Waals surface area contributed by atoms with E-state index < -0.39 is 17.7 Å². The van der Waals surface area contributed by atoms with E-state index in [1.54, 1.807) is 42.5 Å². The highest BCUT2D eigenvalue weighted by molar-refractivity contribution is 6.46. The zero-order chi connectivity index (χ0) is 25.7. The highest BCUT2D eigenvalue weighted by atomic mass is 16.5. The molecule has 1 amide bonds. The second kappa shape index (κ2) is 11.0. The van der Waals surface area contributed by atoms with Crippen LogP contribution >= 0.6 is 0 Å². The Labute approximate surface area is 210 Å². The lowest BCUT2D eigenvalue weighted by atomic mass is 9.94. The topological polar surface area (TPSA) is 85.3 Å². The van der Waals surface area contributed by atoms with E-state index >= 15 is 0 Å². The van der Waals surface area contributed by atoms with Crippen molar-refractivity contribution in [1.82, 2.24) is 4.90 Å². The number of carbonyl (C=O) groups excluding carboxylic acids is 2. The van der Waals surface area contributed by atoms with Crippen molar-refractivity contribution >= 4 is 17.4 Å². The quantitative estimate of drug-likeness (QED) is 0.256. The molecule has 1 N–H and O–H groups in total. The fourth-order valence-corrected chi connectivity index (χ4v) is 4.35. The van der Waals surface area contributed by atoms with Gasteiger partial charge in [0.2, 0.25) is 0 Å². The second-order valence-electron chi connectivity index (χ2n) is 8.22. The van der Waals surface area contributed by atoms with Gasteiger partial charge in [-0.15, -0.1) is 0 Å². The molecule has 7 heteroatoms. The molecule has 0 bridgehead atoms. The summed E-state index contributed by atoms with van der Waals surface area (Å²) >= 11 is 0. The molecule has 36 heavy (non-hydrogen) atoms. The summed E-state index contributed by atoms with van der Waals surface area (Å²) < 4.78 is 16.7. The van der Waals surface area contributed by atoms with Crippen LogP contribution in [0.1, 0.15) is 36.6 Å². The Bertz CT molecular complexity index is 1280. The molecule has 4 rings (SSSR count). The van der Waals surface area contributed by atoms with E-state index in [1.807, 2.05) is 44.2 Å². The number of carbonyl (C=O) groups is 2. The number of ether oxygens (including phenoxy) is 3. The lowest BCUT2D eigenvalue weighted by Crippen LogP contribution is -2.29. The minimum absolute atomic E-state index is 0.00999. The van der Waals surface area contributed by atoms with Crippen LogP contribution in [0.4, 0.5) is 0 Å². The van der Waals surface area contributed by atoms with Gasteiger partial charge in [0.25, 0.3) is 11.7 Å². The summed E-state index contributed by atoms with van der Waals surface area (Å²) in [4.78, 5) is 28.1. The molecule has 1 aliphatic rings. The average molecular weight is 488 g/mol. The minimum atomic E-state index is -0.828. The Hall–Kier alpha value is -4.26. The van der Waals surface area contributed by atoms with E-state index in [2.05, 4.69) is 0 Å². The number of ketones is 1. The predicted octanol–water partition coefficient (Wildman–Crippen LogP) is 5.11. The fourth-order valence-electron chi connectivity index (χ4n) is 4.35. The van der Waals surface area contributed by atoms with E-state index in [9.17, 15) is 14.7 Å². The number of aliphatic hydroxyl groups excluding tert-OH is 1. The monoisotopic (exact) mass is 487 g/mol. The van der Waals surface area contributed by atoms with Gasteiger partial charge in [-0.25, -0.2) is 0 Å². The molecule has 0 saturated carbocycles. The SMILES string of the molecule is CCOc1cccc(/C(O)=C2\C(=O)C(=O)N(Cc3ccccc3)C2c2ccc(OCC)c(OC)c2)c1. The molecule has 1 saturated heterocycles. The first-order valence-electron chi connectivity index (χ1n) is 11.8. The first-order chi connectivity index (χ1) is 17.5. The molecule has 3 aromatic rings. The first-order valence-corrected chi connectivity index (χ1v) is 11.8. The Morgan fingerprint density at radius 2 is 1.64 bits per heavy atom. The Balaban J connectivity index is 1.87. The van der Waals surface area contributed by atoms with E-state index in [0.29, 0.717) is 41.6 Å². The van der Waals surface area contributed by atoms with Crippen LogP contribution in [0, 0.1) is 0 Å². The van der Waals surface area contributed by atoms with Crippen molar-refractivity contribution in [3.8, 4) is 17.2 Å². The van der Waals surface area contributed by atoms with Gasteiger partial charge in [0, 0.05) is 12.1 Å². The van der Waals surface area contributed by atoms with Crippen molar-refractivity contribution in [3.63, 3.8) is 0 Å². The number of Topliss-reactive ketones (excluding diaryl/α,β-unsaturated/α-hetero) is 1. The third-order valence-electron chi connectivity index (χ3n) is 5.96. The van der Waals surface area contributed by atoms with Crippen LogP contribution in [0.25, 0.3) is 5.76 Å². The first kappa shape index (κ1) is 24.9. The van der Waals surface area contributed by atoms with Gasteiger partial charge in [0.15, 0.2) is 11.5 Å². The van der Waals surface area contributed by atoms with Gasteiger partial charge >= 0.3 is 0 Å². The van der Waals surface area contributed by atoms with Crippen LogP contribution in [0.3, 0.4) is 0 Å². The molecule has 0 aromatic heterocycles. The van der Waals surface area contributed by atoms with E-state index in [1.165, 1.54) is 12.0 Å². The van der Waals surface area contributed by atoms with Crippen molar-refractivity contribution in [2.45, 2.75) is 26.4 Å². The molecule has 0 aliphatic carbocycles. The van der Waals surface area contributed by atoms with Crippen molar-refractivity contribution < 1.29 is 28.9 Å². The number of nitrogens with zero attached hydrogens (tertiary/aromatic N) is 1. The number of rotatable bonds is 9. The van der Waals surface area contributed by atoms with Gasteiger partial charge in [-0.3, -0.25) is 9.59 Å². The molecule has 0 spiro atoms. The van der Waals surface area contributed by atoms with Crippen molar-refractivity contribution in [2.24, 2.45) is 0 Å². The summed E-state index contributed by atoms with van der Waals surface area (Å²) in [5.74, 6) is -0.115. The molecule has 7 nitrogen and oxygen atoms in total. The van der Waals surface area contributed by atoms with Crippen molar-refractivity contribution in [1.29, 1.82) is 0 Å². The molecular formula is C29H29NO6. The number of benzene rings is 3. The van der Waals surface area contributed by atoms with E-state index in [4.69, 9.17) is 14.2 Å². The maximum atomic E-state index is 13.3. The highest BCUT2D eigenvalue weighted by Crippen LogP contribution is 2.43. The molecule has 186 valence electrons. The zero-order valence-electron chi connectivity index (χ0n) is 20.6. The molecule has 1 heterocycles. The fraction of sp³-hybridized carbons (Fsp3) is 0.241. The van der Waals surface area contributed by atoms with Gasteiger partial charge < -0.3 is 24.2 Å². The van der Waals surface area contributed by atoms with Crippen LogP contribution in [0.15, 0.2) is 78.4 Å². The average Bonchev–Trinajstić information content (AvgIpc) is 3.14. The Morgan fingerprint density at radius 1 is 0.889 bits per heavy atom. The number of hydrogen-bond acceptors (Lipinski definition) is 6. The lowest BCUT2D eigenvalue weighted by molar-refractivity contribution is -0.140. The third kappa shape index (κ3) is 4.91. The summed E-state index contributed by atoms with van der Waals surface area (Å²) in [5.41, 5.74) is 1.88. The molecule has 1 aliphatic heterocycles. The Morgan fingerprint density at radius 3 is 2.33 bits per heavy atom. The molecule has 3 aromatic carbocycles. The van der Waals surface area contributed by atoms with E-state index in [0.717, 1.165) is 5.56 Å². The smallest absolute Gasteiger partial charge is 0.295 e. The molecule has 1 atom stereocenters. The third-order valence-corrected chi connectivity index (χ3v) is 5.96. The normalized spacial score (nSPS) is 16.8. The van der Waals surface area contributed by atoms with Gasteiger partial charge in [-0.05, 0) is 49.2 Å². The summed E-state index contributed by atoms with van der Waals surface area (Å²) in [6.07, 6.45) is 0. The van der Waals surface area contributed by atoms with Crippen LogP contribution in [-0.2, 0) is 16.1 Å². The summed E-state index contributed by atoms with van der Waals surface area (Å²) in [7, 11) is 1.53. The lowest BCUT2D eigenvalue weighted by Gasteiger charge is -2.26. The summed E-state index contributed by atoms with van der Waals surface area (Å²) in [5, 5.41) is 11.4. The molecular weight excluding hydrogens is 458 g/mol. The minimum Gasteiger partial charge on any atom is -0.507 e. The van der Waals surface area contributed by atoms with Crippen LogP contribution in [0.5, 0.6) is 17.2 Å². The van der Waals surface area contributed by atoms with Crippen molar-refractivity contribution in [3.05, 3.63) is 95.1 Å². The summed E-state index contributed by atoms with van der Waals surface area (Å²) in [6.45, 7) is 4.84. The number of hydrogen-bond donors (Lipinski definition) is 1. The Kier molecular flexibility index (Phi) is 7.59. The number of methoxy groups -OCH3 is 1. The standard InChI is InChI=1S/C29H29NO6/c1-4-35-22-13-9-12-21(16-22)27(31)25-26(20-14-15-23(36-5-2)24(17-20)34-3)30(29(33)28(25)32)18-19-10-7-6-8-11-19/h6-17,26,31H,4-5,18H2,1-3H3/b27-25+. The maximum Gasteiger partial charge on any atom is 0.295 e. The predicted molar refractivity (Wildman–Crippen MR) is 136 cm³/mol. The summed E-state index contributed by atoms with van der Waals surface area (Å²) in [6, 6.07) is 20.7. The van der Waals surface area contributed by atoms with Crippen molar-refractivity contribution in [2.75, 3.05) is 20.3 Å². The van der Waals surface area contributed by atoms with Gasteiger partial charge in [0.05, 0.1) is 31.9 Å². The molecule has 1 unspecified atom stereocenters.